The van der Waals surface area contributed by atoms with E-state index in [1.54, 1.807) is 20.3 Å². The molecular formula is C18H19N3O3S. The van der Waals surface area contributed by atoms with Crippen molar-refractivity contribution in [1.82, 2.24) is 14.7 Å². The third kappa shape index (κ3) is 3.51. The summed E-state index contributed by atoms with van der Waals surface area (Å²) in [6.07, 6.45) is 3.86. The molecule has 3 aromatic rings. The number of methoxy groups -OCH3 is 2. The predicted molar refractivity (Wildman–Crippen MR) is 98.5 cm³/mol. The lowest BCUT2D eigenvalue weighted by atomic mass is 10.1. The molecule has 1 N–H and O–H groups in total. The number of carbonyl (C=O) groups is 1. The molecule has 0 saturated heterocycles. The van der Waals surface area contributed by atoms with Gasteiger partial charge in [0.25, 0.3) is 0 Å². The van der Waals surface area contributed by atoms with Gasteiger partial charge in [-0.05, 0) is 18.2 Å². The van der Waals surface area contributed by atoms with E-state index < -0.39 is 0 Å². The minimum Gasteiger partial charge on any atom is -0.497 e. The number of nitrogens with zero attached hydrogens (tertiary/aromatic N) is 2. The fourth-order valence-electron chi connectivity index (χ4n) is 2.51. The van der Waals surface area contributed by atoms with Crippen LogP contribution in [0.4, 0.5) is 0 Å². The van der Waals surface area contributed by atoms with Crippen LogP contribution < -0.4 is 14.8 Å². The lowest BCUT2D eigenvalue weighted by molar-refractivity contribution is -0.120. The van der Waals surface area contributed by atoms with Crippen LogP contribution in [-0.4, -0.2) is 36.1 Å². The highest BCUT2D eigenvalue weighted by Crippen LogP contribution is 2.34. The predicted octanol–water partition coefficient (Wildman–Crippen LogP) is 2.92. The van der Waals surface area contributed by atoms with Crippen molar-refractivity contribution in [3.05, 3.63) is 48.1 Å². The van der Waals surface area contributed by atoms with Crippen LogP contribution in [0, 0.1) is 0 Å². The molecule has 130 valence electrons. The second-order valence-electron chi connectivity index (χ2n) is 5.34. The zero-order valence-corrected chi connectivity index (χ0v) is 14.9. The first-order valence-corrected chi connectivity index (χ1v) is 8.59. The minimum absolute atomic E-state index is 0.0474. The van der Waals surface area contributed by atoms with Gasteiger partial charge >= 0.3 is 0 Å². The number of hydrogen-bond acceptors (Lipinski definition) is 5. The van der Waals surface area contributed by atoms with E-state index in [0.29, 0.717) is 13.0 Å². The Morgan fingerprint density at radius 3 is 2.96 bits per heavy atom. The minimum atomic E-state index is -0.0474. The highest BCUT2D eigenvalue weighted by Gasteiger charge is 2.15. The largest absolute Gasteiger partial charge is 0.497 e. The van der Waals surface area contributed by atoms with Gasteiger partial charge in [-0.3, -0.25) is 9.20 Å². The van der Waals surface area contributed by atoms with Crippen LogP contribution in [0.5, 0.6) is 11.5 Å². The van der Waals surface area contributed by atoms with Crippen molar-refractivity contribution in [2.45, 2.75) is 6.42 Å². The van der Waals surface area contributed by atoms with Crippen molar-refractivity contribution >= 4 is 22.2 Å². The number of hydrogen-bond donors (Lipinski definition) is 1. The van der Waals surface area contributed by atoms with Gasteiger partial charge in [0.2, 0.25) is 5.91 Å². The molecule has 0 spiro atoms. The van der Waals surface area contributed by atoms with Gasteiger partial charge in [-0.1, -0.05) is 6.08 Å². The highest BCUT2D eigenvalue weighted by molar-refractivity contribution is 7.15. The first-order valence-electron chi connectivity index (χ1n) is 7.71. The highest BCUT2D eigenvalue weighted by atomic mass is 32.1. The molecule has 0 atom stereocenters. The second kappa shape index (κ2) is 7.40. The van der Waals surface area contributed by atoms with Crippen molar-refractivity contribution in [3.8, 4) is 22.8 Å². The molecule has 0 bridgehead atoms. The fourth-order valence-corrected chi connectivity index (χ4v) is 3.39. The topological polar surface area (TPSA) is 64.9 Å². The first-order chi connectivity index (χ1) is 12.2. The SMILES string of the molecule is C=CCNC(=O)Cc1csc2nc(-c3cc(OC)ccc3OC)cn12. The lowest BCUT2D eigenvalue weighted by Gasteiger charge is -2.08. The molecule has 7 heteroatoms. The van der Waals surface area contributed by atoms with Crippen LogP contribution in [0.2, 0.25) is 0 Å². The van der Waals surface area contributed by atoms with Crippen LogP contribution in [0.15, 0.2) is 42.4 Å². The van der Waals surface area contributed by atoms with E-state index in [1.165, 1.54) is 11.3 Å². The molecule has 0 saturated carbocycles. The monoisotopic (exact) mass is 357 g/mol. The second-order valence-corrected chi connectivity index (χ2v) is 6.18. The number of imidazole rings is 1. The Labute approximate surface area is 149 Å². The summed E-state index contributed by atoms with van der Waals surface area (Å²) in [6.45, 7) is 4.06. The van der Waals surface area contributed by atoms with Gasteiger partial charge in [-0.2, -0.15) is 0 Å². The molecule has 2 heterocycles. The number of rotatable bonds is 7. The van der Waals surface area contributed by atoms with Gasteiger partial charge in [0.1, 0.15) is 11.5 Å². The maximum absolute atomic E-state index is 11.9. The van der Waals surface area contributed by atoms with E-state index in [-0.39, 0.29) is 5.91 Å². The summed E-state index contributed by atoms with van der Waals surface area (Å²) in [5.74, 6) is 1.40. The molecule has 1 aromatic carbocycles. The van der Waals surface area contributed by atoms with Crippen LogP contribution in [0.1, 0.15) is 5.69 Å². The maximum Gasteiger partial charge on any atom is 0.226 e. The fraction of sp³-hybridized carbons (Fsp3) is 0.222. The van der Waals surface area contributed by atoms with Gasteiger partial charge in [-0.25, -0.2) is 4.98 Å². The summed E-state index contributed by atoms with van der Waals surface area (Å²) < 4.78 is 12.7. The molecule has 1 amide bonds. The number of aromatic nitrogens is 2. The Balaban J connectivity index is 1.95. The molecule has 0 aliphatic heterocycles. The van der Waals surface area contributed by atoms with Crippen molar-refractivity contribution in [3.63, 3.8) is 0 Å². The average molecular weight is 357 g/mol. The number of nitrogens with one attached hydrogen (secondary N) is 1. The van der Waals surface area contributed by atoms with Gasteiger partial charge in [-0.15, -0.1) is 17.9 Å². The Bertz CT molecular complexity index is 914. The number of benzene rings is 1. The zero-order valence-electron chi connectivity index (χ0n) is 14.1. The number of thiazole rings is 1. The molecule has 0 aliphatic carbocycles. The molecule has 25 heavy (non-hydrogen) atoms. The quantitative estimate of drug-likeness (QED) is 0.661. The molecule has 0 radical (unpaired) electrons. The standard InChI is InChI=1S/C18H19N3O3S/c1-4-7-19-17(22)8-12-11-25-18-20-15(10-21(12)18)14-9-13(23-2)5-6-16(14)24-3/h4-6,9-11H,1,7-8H2,2-3H3,(H,19,22). The Morgan fingerprint density at radius 1 is 1.40 bits per heavy atom. The van der Waals surface area contributed by atoms with Gasteiger partial charge < -0.3 is 14.8 Å². The van der Waals surface area contributed by atoms with E-state index in [9.17, 15) is 4.79 Å². The normalized spacial score (nSPS) is 10.6. The third-order valence-corrected chi connectivity index (χ3v) is 4.64. The Hall–Kier alpha value is -2.80. The molecule has 0 unspecified atom stereocenters. The summed E-state index contributed by atoms with van der Waals surface area (Å²) in [7, 11) is 3.25. The van der Waals surface area contributed by atoms with E-state index in [0.717, 1.165) is 33.4 Å². The van der Waals surface area contributed by atoms with Crippen LogP contribution in [0.25, 0.3) is 16.2 Å². The number of fused-ring (bicyclic) bond motifs is 1. The molecular weight excluding hydrogens is 338 g/mol. The zero-order chi connectivity index (χ0) is 17.8. The molecule has 2 aromatic heterocycles. The van der Waals surface area contributed by atoms with Crippen LogP contribution in [0.3, 0.4) is 0 Å². The van der Waals surface area contributed by atoms with Gasteiger partial charge in [0.05, 0.1) is 26.3 Å². The maximum atomic E-state index is 11.9. The Morgan fingerprint density at radius 2 is 2.24 bits per heavy atom. The summed E-state index contributed by atoms with van der Waals surface area (Å²) in [4.78, 5) is 17.4. The Kier molecular flexibility index (Phi) is 5.04. The summed E-state index contributed by atoms with van der Waals surface area (Å²) in [5, 5.41) is 4.73. The van der Waals surface area contributed by atoms with E-state index in [4.69, 9.17) is 9.47 Å². The smallest absolute Gasteiger partial charge is 0.226 e. The van der Waals surface area contributed by atoms with Crippen LogP contribution >= 0.6 is 11.3 Å². The van der Waals surface area contributed by atoms with E-state index in [1.807, 2.05) is 34.2 Å². The molecule has 3 rings (SSSR count). The van der Waals surface area contributed by atoms with Crippen molar-refractivity contribution in [2.75, 3.05) is 20.8 Å². The van der Waals surface area contributed by atoms with Gasteiger partial charge in [0, 0.05) is 29.4 Å². The van der Waals surface area contributed by atoms with Crippen molar-refractivity contribution in [2.24, 2.45) is 0 Å². The van der Waals surface area contributed by atoms with Gasteiger partial charge in [0.15, 0.2) is 4.96 Å². The molecule has 6 nitrogen and oxygen atoms in total. The first kappa shape index (κ1) is 17.0. The number of ether oxygens (including phenoxy) is 2. The van der Waals surface area contributed by atoms with Crippen molar-refractivity contribution < 1.29 is 14.3 Å². The van der Waals surface area contributed by atoms with E-state index >= 15 is 0 Å². The third-order valence-electron chi connectivity index (χ3n) is 3.75. The van der Waals surface area contributed by atoms with Crippen LogP contribution in [-0.2, 0) is 11.2 Å². The van der Waals surface area contributed by atoms with Crippen molar-refractivity contribution in [1.29, 1.82) is 0 Å². The number of carbonyl (C=O) groups excluding carboxylic acids is 1. The molecule has 0 aliphatic rings. The number of amides is 1. The van der Waals surface area contributed by atoms with E-state index in [2.05, 4.69) is 16.9 Å². The average Bonchev–Trinajstić information content (AvgIpc) is 3.21. The lowest BCUT2D eigenvalue weighted by Crippen LogP contribution is -2.25. The summed E-state index contributed by atoms with van der Waals surface area (Å²) >= 11 is 1.50. The summed E-state index contributed by atoms with van der Waals surface area (Å²) in [6, 6.07) is 5.59. The molecule has 0 fully saturated rings. The summed E-state index contributed by atoms with van der Waals surface area (Å²) in [5.41, 5.74) is 2.51.